The number of hydrogen-bond donors (Lipinski definition) is 2. The molecule has 0 radical (unpaired) electrons. The standard InChI is InChI=1S/C10H9F2N3S/c11-10(12)16-7-3-1-2-6(4-7)9-8(13)5-14-15-9/h1-5,10H,13H2,(H,14,15). The third-order valence-electron chi connectivity index (χ3n) is 2.02. The van der Waals surface area contributed by atoms with Gasteiger partial charge < -0.3 is 5.73 Å². The lowest BCUT2D eigenvalue weighted by Gasteiger charge is -2.03. The maximum atomic E-state index is 12.2. The van der Waals surface area contributed by atoms with Crippen LogP contribution in [0.4, 0.5) is 14.5 Å². The van der Waals surface area contributed by atoms with Gasteiger partial charge >= 0.3 is 0 Å². The minimum atomic E-state index is -2.42. The number of anilines is 1. The van der Waals surface area contributed by atoms with E-state index in [4.69, 9.17) is 5.73 Å². The van der Waals surface area contributed by atoms with Gasteiger partial charge in [-0.05, 0) is 12.1 Å². The molecule has 2 rings (SSSR count). The molecule has 1 aromatic heterocycles. The molecule has 84 valence electrons. The van der Waals surface area contributed by atoms with Gasteiger partial charge in [0.15, 0.2) is 0 Å². The maximum Gasteiger partial charge on any atom is 0.288 e. The predicted octanol–water partition coefficient (Wildman–Crippen LogP) is 2.97. The van der Waals surface area contributed by atoms with Crippen LogP contribution in [0.3, 0.4) is 0 Å². The van der Waals surface area contributed by atoms with Crippen molar-refractivity contribution in [3.8, 4) is 11.3 Å². The summed E-state index contributed by atoms with van der Waals surface area (Å²) in [4.78, 5) is 0.501. The number of rotatable bonds is 3. The van der Waals surface area contributed by atoms with Crippen LogP contribution in [-0.2, 0) is 0 Å². The van der Waals surface area contributed by atoms with E-state index in [-0.39, 0.29) is 0 Å². The van der Waals surface area contributed by atoms with Crippen LogP contribution < -0.4 is 5.73 Å². The molecular formula is C10H9F2N3S. The van der Waals surface area contributed by atoms with Crippen LogP contribution in [-0.4, -0.2) is 16.0 Å². The highest BCUT2D eigenvalue weighted by Crippen LogP contribution is 2.30. The number of halogens is 2. The van der Waals surface area contributed by atoms with Gasteiger partial charge in [-0.3, -0.25) is 5.10 Å². The average molecular weight is 241 g/mol. The fraction of sp³-hybridized carbons (Fsp3) is 0.100. The van der Waals surface area contributed by atoms with Crippen molar-refractivity contribution in [1.82, 2.24) is 10.2 Å². The van der Waals surface area contributed by atoms with Crippen LogP contribution in [0.2, 0.25) is 0 Å². The Kier molecular flexibility index (Phi) is 3.09. The number of nitrogens with two attached hydrogens (primary N) is 1. The van der Waals surface area contributed by atoms with Crippen LogP contribution in [0.25, 0.3) is 11.3 Å². The molecule has 0 atom stereocenters. The first-order valence-electron chi connectivity index (χ1n) is 4.51. The first kappa shape index (κ1) is 10.9. The second-order valence-electron chi connectivity index (χ2n) is 3.11. The molecule has 1 heterocycles. The number of nitrogens with one attached hydrogen (secondary N) is 1. The minimum absolute atomic E-state index is 0.499. The van der Waals surface area contributed by atoms with E-state index in [2.05, 4.69) is 10.2 Å². The Morgan fingerprint density at radius 1 is 1.38 bits per heavy atom. The molecule has 0 saturated heterocycles. The zero-order valence-corrected chi connectivity index (χ0v) is 8.97. The van der Waals surface area contributed by atoms with Crippen LogP contribution >= 0.6 is 11.8 Å². The Balaban J connectivity index is 2.33. The molecule has 16 heavy (non-hydrogen) atoms. The van der Waals surface area contributed by atoms with E-state index in [9.17, 15) is 8.78 Å². The predicted molar refractivity (Wildman–Crippen MR) is 60.3 cm³/mol. The van der Waals surface area contributed by atoms with Crippen LogP contribution in [0.15, 0.2) is 35.4 Å². The molecule has 0 aliphatic heterocycles. The van der Waals surface area contributed by atoms with Crippen LogP contribution in [0.1, 0.15) is 0 Å². The third-order valence-corrected chi connectivity index (χ3v) is 2.72. The Bertz CT molecular complexity index is 484. The van der Waals surface area contributed by atoms with Gasteiger partial charge in [0.05, 0.1) is 17.6 Å². The van der Waals surface area contributed by atoms with Crippen LogP contribution in [0.5, 0.6) is 0 Å². The summed E-state index contributed by atoms with van der Waals surface area (Å²) < 4.78 is 24.4. The highest BCUT2D eigenvalue weighted by Gasteiger charge is 2.08. The number of aromatic nitrogens is 2. The smallest absolute Gasteiger partial charge is 0.288 e. The molecule has 3 N–H and O–H groups in total. The van der Waals surface area contributed by atoms with E-state index >= 15 is 0 Å². The topological polar surface area (TPSA) is 54.7 Å². The van der Waals surface area contributed by atoms with E-state index in [1.165, 1.54) is 6.20 Å². The highest BCUT2D eigenvalue weighted by atomic mass is 32.2. The summed E-state index contributed by atoms with van der Waals surface area (Å²) in [6.45, 7) is 0. The quantitative estimate of drug-likeness (QED) is 0.812. The van der Waals surface area contributed by atoms with Crippen molar-refractivity contribution in [2.75, 3.05) is 5.73 Å². The van der Waals surface area contributed by atoms with Crippen LogP contribution in [0, 0.1) is 0 Å². The Morgan fingerprint density at radius 3 is 2.81 bits per heavy atom. The Hall–Kier alpha value is -1.56. The molecule has 2 aromatic rings. The second kappa shape index (κ2) is 4.52. The maximum absolute atomic E-state index is 12.2. The number of alkyl halides is 2. The van der Waals surface area contributed by atoms with Gasteiger partial charge in [0.2, 0.25) is 0 Å². The van der Waals surface area contributed by atoms with E-state index < -0.39 is 5.76 Å². The molecule has 0 aliphatic carbocycles. The lowest BCUT2D eigenvalue weighted by molar-refractivity contribution is 0.252. The lowest BCUT2D eigenvalue weighted by atomic mass is 10.1. The molecule has 0 unspecified atom stereocenters. The first-order chi connectivity index (χ1) is 7.66. The molecule has 0 aliphatic rings. The number of benzene rings is 1. The number of hydrogen-bond acceptors (Lipinski definition) is 3. The zero-order valence-electron chi connectivity index (χ0n) is 8.15. The van der Waals surface area contributed by atoms with Gasteiger partial charge in [0, 0.05) is 10.5 Å². The fourth-order valence-electron chi connectivity index (χ4n) is 1.35. The highest BCUT2D eigenvalue weighted by molar-refractivity contribution is 7.99. The average Bonchev–Trinajstić information content (AvgIpc) is 2.64. The summed E-state index contributed by atoms with van der Waals surface area (Å²) in [5.74, 6) is -2.42. The molecule has 0 spiro atoms. The van der Waals surface area contributed by atoms with Crippen molar-refractivity contribution in [1.29, 1.82) is 0 Å². The molecular weight excluding hydrogens is 232 g/mol. The molecule has 6 heteroatoms. The number of nitrogen functional groups attached to an aromatic ring is 1. The fourth-order valence-corrected chi connectivity index (χ4v) is 1.91. The summed E-state index contributed by atoms with van der Waals surface area (Å²) >= 11 is 0.507. The number of H-pyrrole nitrogens is 1. The summed E-state index contributed by atoms with van der Waals surface area (Å²) in [6, 6.07) is 6.79. The van der Waals surface area contributed by atoms with E-state index in [0.29, 0.717) is 28.0 Å². The van der Waals surface area contributed by atoms with Crippen molar-refractivity contribution >= 4 is 17.4 Å². The normalized spacial score (nSPS) is 10.9. The SMILES string of the molecule is Nc1cn[nH]c1-c1cccc(SC(F)F)c1. The van der Waals surface area contributed by atoms with Crippen molar-refractivity contribution in [3.63, 3.8) is 0 Å². The summed E-state index contributed by atoms with van der Waals surface area (Å²) in [5, 5.41) is 6.51. The molecule has 1 aromatic carbocycles. The lowest BCUT2D eigenvalue weighted by Crippen LogP contribution is -1.87. The van der Waals surface area contributed by atoms with E-state index in [1.54, 1.807) is 24.3 Å². The summed E-state index contributed by atoms with van der Waals surface area (Å²) in [7, 11) is 0. The molecule has 0 bridgehead atoms. The molecule has 3 nitrogen and oxygen atoms in total. The summed E-state index contributed by atoms with van der Waals surface area (Å²) in [6.07, 6.45) is 1.49. The van der Waals surface area contributed by atoms with Crippen molar-refractivity contribution in [3.05, 3.63) is 30.5 Å². The van der Waals surface area contributed by atoms with Gasteiger partial charge in [0.25, 0.3) is 5.76 Å². The van der Waals surface area contributed by atoms with Gasteiger partial charge in [-0.1, -0.05) is 23.9 Å². The largest absolute Gasteiger partial charge is 0.396 e. The van der Waals surface area contributed by atoms with E-state index in [0.717, 1.165) is 5.56 Å². The monoisotopic (exact) mass is 241 g/mol. The van der Waals surface area contributed by atoms with Crippen molar-refractivity contribution in [2.45, 2.75) is 10.7 Å². The van der Waals surface area contributed by atoms with Crippen molar-refractivity contribution < 1.29 is 8.78 Å². The molecule has 0 saturated carbocycles. The Labute approximate surface area is 95.0 Å². The molecule has 0 fully saturated rings. The first-order valence-corrected chi connectivity index (χ1v) is 5.39. The van der Waals surface area contributed by atoms with Gasteiger partial charge in [-0.25, -0.2) is 0 Å². The Morgan fingerprint density at radius 2 is 2.19 bits per heavy atom. The van der Waals surface area contributed by atoms with Crippen molar-refractivity contribution in [2.24, 2.45) is 0 Å². The second-order valence-corrected chi connectivity index (χ2v) is 4.17. The number of nitrogens with zero attached hydrogens (tertiary/aromatic N) is 1. The summed E-state index contributed by atoms with van der Waals surface area (Å²) in [5.41, 5.74) is 7.57. The van der Waals surface area contributed by atoms with Gasteiger partial charge in [-0.15, -0.1) is 0 Å². The zero-order chi connectivity index (χ0) is 11.5. The minimum Gasteiger partial charge on any atom is -0.396 e. The molecule has 0 amide bonds. The number of aromatic amines is 1. The third kappa shape index (κ3) is 2.33. The van der Waals surface area contributed by atoms with E-state index in [1.807, 2.05) is 0 Å². The van der Waals surface area contributed by atoms with Gasteiger partial charge in [0.1, 0.15) is 0 Å². The van der Waals surface area contributed by atoms with Gasteiger partial charge in [-0.2, -0.15) is 13.9 Å². The number of thioether (sulfide) groups is 1.